The minimum Gasteiger partial charge on any atom is -0.376 e. The van der Waals surface area contributed by atoms with Crippen LogP contribution in [0.2, 0.25) is 0 Å². The first-order chi connectivity index (χ1) is 9.63. The maximum Gasteiger partial charge on any atom is 0.294 e. The Bertz CT molecular complexity index is 502. The quantitative estimate of drug-likeness (QED) is 0.426. The molecule has 0 radical (unpaired) electrons. The van der Waals surface area contributed by atoms with Crippen LogP contribution in [0.3, 0.4) is 0 Å². The van der Waals surface area contributed by atoms with Crippen LogP contribution in [0.1, 0.15) is 0 Å². The van der Waals surface area contributed by atoms with E-state index < -0.39 is 4.92 Å². The number of nitro groups is 1. The minimum atomic E-state index is -0.394. The molecule has 106 valence electrons. The predicted molar refractivity (Wildman–Crippen MR) is 84.4 cm³/mol. The zero-order valence-electron chi connectivity index (χ0n) is 11.4. The fourth-order valence-corrected chi connectivity index (χ4v) is 1.80. The molecule has 0 aliphatic rings. The van der Waals surface area contributed by atoms with E-state index in [2.05, 4.69) is 25.1 Å². The summed E-state index contributed by atoms with van der Waals surface area (Å²) in [4.78, 5) is 12.7. The van der Waals surface area contributed by atoms with Crippen LogP contribution in [0.25, 0.3) is 0 Å². The Morgan fingerprint density at radius 2 is 1.85 bits per heavy atom. The number of nitrogens with zero attached hydrogens (tertiary/aromatic N) is 2. The molecule has 0 bridgehead atoms. The van der Waals surface area contributed by atoms with Crippen molar-refractivity contribution in [2.45, 2.75) is 0 Å². The molecule has 1 aromatic carbocycles. The minimum absolute atomic E-state index is 0.0440. The zero-order valence-corrected chi connectivity index (χ0v) is 11.4. The highest BCUT2D eigenvalue weighted by atomic mass is 16.6. The van der Waals surface area contributed by atoms with Crippen LogP contribution in [0, 0.1) is 10.1 Å². The molecular formula is C15H19N3O2. The number of hydrogen-bond donors (Lipinski definition) is 1. The van der Waals surface area contributed by atoms with Gasteiger partial charge in [-0.25, -0.2) is 0 Å². The van der Waals surface area contributed by atoms with Crippen molar-refractivity contribution in [3.8, 4) is 0 Å². The number of nitrogens with one attached hydrogen (secondary N) is 1. The van der Waals surface area contributed by atoms with Gasteiger partial charge in [0.25, 0.3) is 5.69 Å². The number of nitro benzene ring substituents is 1. The Morgan fingerprint density at radius 3 is 2.35 bits per heavy atom. The molecule has 0 aromatic heterocycles. The normalized spacial score (nSPS) is 9.60. The molecule has 5 nitrogen and oxygen atoms in total. The van der Waals surface area contributed by atoms with E-state index in [0.717, 1.165) is 5.69 Å². The topological polar surface area (TPSA) is 58.4 Å². The largest absolute Gasteiger partial charge is 0.376 e. The fourth-order valence-electron chi connectivity index (χ4n) is 1.80. The molecule has 0 heterocycles. The summed E-state index contributed by atoms with van der Waals surface area (Å²) in [5, 5.41) is 14.1. The number of hydrogen-bond acceptors (Lipinski definition) is 4. The second-order valence-electron chi connectivity index (χ2n) is 4.11. The average molecular weight is 273 g/mol. The van der Waals surface area contributed by atoms with Gasteiger partial charge >= 0.3 is 0 Å². The standard InChI is InChI=1S/C15H19N3O2/c1-4-9-16-14-8-7-13(12-15(14)18(19)20)17(10-5-2)11-6-3/h4-8,12,16H,1-3,9-11H2. The van der Waals surface area contributed by atoms with Crippen molar-refractivity contribution < 1.29 is 4.92 Å². The summed E-state index contributed by atoms with van der Waals surface area (Å²) in [7, 11) is 0. The molecule has 0 spiro atoms. The molecule has 0 saturated carbocycles. The molecule has 20 heavy (non-hydrogen) atoms. The van der Waals surface area contributed by atoms with E-state index in [4.69, 9.17) is 0 Å². The Balaban J connectivity index is 3.12. The summed E-state index contributed by atoms with van der Waals surface area (Å²) in [5.41, 5.74) is 1.29. The first-order valence-corrected chi connectivity index (χ1v) is 6.24. The van der Waals surface area contributed by atoms with Crippen molar-refractivity contribution in [3.05, 3.63) is 66.3 Å². The number of benzene rings is 1. The maximum absolute atomic E-state index is 11.2. The molecule has 0 fully saturated rings. The Hall–Kier alpha value is -2.56. The van der Waals surface area contributed by atoms with E-state index in [0.29, 0.717) is 25.3 Å². The average Bonchev–Trinajstić information content (AvgIpc) is 2.44. The van der Waals surface area contributed by atoms with Crippen molar-refractivity contribution >= 4 is 17.1 Å². The van der Waals surface area contributed by atoms with Crippen molar-refractivity contribution in [2.24, 2.45) is 0 Å². The van der Waals surface area contributed by atoms with Crippen LogP contribution < -0.4 is 10.2 Å². The summed E-state index contributed by atoms with van der Waals surface area (Å²) in [6.45, 7) is 12.6. The summed E-state index contributed by atoms with van der Waals surface area (Å²) >= 11 is 0. The third-order valence-electron chi connectivity index (χ3n) is 2.68. The molecule has 0 amide bonds. The van der Waals surface area contributed by atoms with Crippen LogP contribution >= 0.6 is 0 Å². The lowest BCUT2D eigenvalue weighted by molar-refractivity contribution is -0.383. The highest BCUT2D eigenvalue weighted by Crippen LogP contribution is 2.29. The molecule has 1 rings (SSSR count). The van der Waals surface area contributed by atoms with E-state index >= 15 is 0 Å². The van der Waals surface area contributed by atoms with Gasteiger partial charge in [0.2, 0.25) is 0 Å². The van der Waals surface area contributed by atoms with Crippen LogP contribution in [0.5, 0.6) is 0 Å². The summed E-state index contributed by atoms with van der Waals surface area (Å²) < 4.78 is 0. The molecule has 1 aromatic rings. The smallest absolute Gasteiger partial charge is 0.294 e. The van der Waals surface area contributed by atoms with E-state index in [1.165, 1.54) is 0 Å². The summed E-state index contributed by atoms with van der Waals surface area (Å²) in [5.74, 6) is 0. The number of anilines is 2. The van der Waals surface area contributed by atoms with Crippen molar-refractivity contribution in [3.63, 3.8) is 0 Å². The Labute approximate surface area is 119 Å². The first kappa shape index (κ1) is 15.5. The highest BCUT2D eigenvalue weighted by molar-refractivity contribution is 5.68. The SMILES string of the molecule is C=CCNc1ccc(N(CC=C)CC=C)cc1[N+](=O)[O-]. The molecule has 0 unspecified atom stereocenters. The van der Waals surface area contributed by atoms with E-state index in [9.17, 15) is 10.1 Å². The third-order valence-corrected chi connectivity index (χ3v) is 2.68. The van der Waals surface area contributed by atoms with Gasteiger partial charge in [-0.3, -0.25) is 10.1 Å². The molecule has 5 heteroatoms. The van der Waals surface area contributed by atoms with Crippen LogP contribution in [-0.4, -0.2) is 24.6 Å². The van der Waals surface area contributed by atoms with Gasteiger partial charge < -0.3 is 10.2 Å². The van der Waals surface area contributed by atoms with E-state index in [-0.39, 0.29) is 5.69 Å². The fraction of sp³-hybridized carbons (Fsp3) is 0.200. The molecule has 0 aliphatic carbocycles. The van der Waals surface area contributed by atoms with Gasteiger partial charge in [-0.1, -0.05) is 18.2 Å². The Morgan fingerprint density at radius 1 is 1.20 bits per heavy atom. The van der Waals surface area contributed by atoms with Gasteiger partial charge in [-0.15, -0.1) is 19.7 Å². The van der Waals surface area contributed by atoms with E-state index in [1.807, 2.05) is 11.0 Å². The van der Waals surface area contributed by atoms with Crippen LogP contribution in [0.15, 0.2) is 56.2 Å². The second-order valence-corrected chi connectivity index (χ2v) is 4.11. The number of rotatable bonds is 9. The summed E-state index contributed by atoms with van der Waals surface area (Å²) in [6.07, 6.45) is 5.15. The third kappa shape index (κ3) is 3.98. The molecule has 0 aliphatic heterocycles. The highest BCUT2D eigenvalue weighted by Gasteiger charge is 2.16. The lowest BCUT2D eigenvalue weighted by Crippen LogP contribution is -2.23. The van der Waals surface area contributed by atoms with E-state index in [1.54, 1.807) is 30.4 Å². The summed E-state index contributed by atoms with van der Waals surface area (Å²) in [6, 6.07) is 5.10. The lowest BCUT2D eigenvalue weighted by atomic mass is 10.2. The van der Waals surface area contributed by atoms with Crippen LogP contribution in [0.4, 0.5) is 17.1 Å². The van der Waals surface area contributed by atoms with Gasteiger partial charge in [0, 0.05) is 31.4 Å². The van der Waals surface area contributed by atoms with Crippen molar-refractivity contribution in [1.82, 2.24) is 0 Å². The zero-order chi connectivity index (χ0) is 15.0. The molecule has 0 atom stereocenters. The lowest BCUT2D eigenvalue weighted by Gasteiger charge is -2.21. The molecule has 1 N–H and O–H groups in total. The Kier molecular flexibility index (Phi) is 6.03. The molecular weight excluding hydrogens is 254 g/mol. The van der Waals surface area contributed by atoms with Gasteiger partial charge in [0.05, 0.1) is 4.92 Å². The van der Waals surface area contributed by atoms with Gasteiger partial charge in [0.15, 0.2) is 0 Å². The first-order valence-electron chi connectivity index (χ1n) is 6.24. The van der Waals surface area contributed by atoms with Gasteiger partial charge in [-0.05, 0) is 12.1 Å². The maximum atomic E-state index is 11.2. The predicted octanol–water partition coefficient (Wildman–Crippen LogP) is 3.37. The van der Waals surface area contributed by atoms with Gasteiger partial charge in [-0.2, -0.15) is 0 Å². The molecule has 0 saturated heterocycles. The second kappa shape index (κ2) is 7.78. The monoisotopic (exact) mass is 273 g/mol. The van der Waals surface area contributed by atoms with Crippen molar-refractivity contribution in [2.75, 3.05) is 29.9 Å². The van der Waals surface area contributed by atoms with Crippen LogP contribution in [-0.2, 0) is 0 Å². The van der Waals surface area contributed by atoms with Gasteiger partial charge in [0.1, 0.15) is 5.69 Å². The van der Waals surface area contributed by atoms with Crippen molar-refractivity contribution in [1.29, 1.82) is 0 Å².